The molecule has 2 N–H and O–H groups in total. The largest absolute Gasteiger partial charge is 0.481 e. The molecule has 1 aliphatic heterocycles. The maximum Gasteiger partial charge on any atom is 0.272 e. The fourth-order valence-electron chi connectivity index (χ4n) is 4.15. The van der Waals surface area contributed by atoms with E-state index >= 15 is 0 Å². The molecule has 1 heterocycles. The van der Waals surface area contributed by atoms with E-state index in [0.717, 1.165) is 12.8 Å². The van der Waals surface area contributed by atoms with Gasteiger partial charge in [-0.2, -0.15) is 5.26 Å². The van der Waals surface area contributed by atoms with E-state index in [1.165, 1.54) is 18.9 Å². The quantitative estimate of drug-likeness (QED) is 0.514. The van der Waals surface area contributed by atoms with E-state index in [-0.39, 0.29) is 35.5 Å². The lowest BCUT2D eigenvalue weighted by molar-refractivity contribution is -0.120. The van der Waals surface area contributed by atoms with Crippen LogP contribution in [0, 0.1) is 23.0 Å². The lowest BCUT2D eigenvalue weighted by atomic mass is 9.95. The summed E-state index contributed by atoms with van der Waals surface area (Å²) < 4.78 is 71.1. The number of nitriles is 1. The molecule has 8 nitrogen and oxygen atoms in total. The molecule has 0 radical (unpaired) electrons. The number of benzene rings is 1. The fraction of sp³-hybridized carbons (Fsp3) is 0.636. The summed E-state index contributed by atoms with van der Waals surface area (Å²) in [5, 5.41) is 15.0. The molecule has 0 saturated heterocycles. The summed E-state index contributed by atoms with van der Waals surface area (Å²) in [6.45, 7) is 2.50. The molecule has 3 rings (SSSR count). The van der Waals surface area contributed by atoms with Gasteiger partial charge in [-0.1, -0.05) is 0 Å². The van der Waals surface area contributed by atoms with Crippen molar-refractivity contribution in [2.24, 2.45) is 0 Å². The number of nitrogens with one attached hydrogen (secondary N) is 2. The van der Waals surface area contributed by atoms with Crippen LogP contribution in [0.2, 0.25) is 0 Å². The molecule has 188 valence electrons. The van der Waals surface area contributed by atoms with Crippen molar-refractivity contribution in [3.05, 3.63) is 17.2 Å². The number of rotatable bonds is 9. The van der Waals surface area contributed by atoms with Crippen LogP contribution in [0.5, 0.6) is 5.75 Å². The Morgan fingerprint density at radius 3 is 2.44 bits per heavy atom. The number of carbonyl (C=O) groups excluding carboxylic acids is 1. The van der Waals surface area contributed by atoms with Crippen molar-refractivity contribution >= 4 is 17.3 Å². The number of fused-ring (bicyclic) bond motifs is 1. The van der Waals surface area contributed by atoms with Crippen molar-refractivity contribution < 1.29 is 36.6 Å². The van der Waals surface area contributed by atoms with Crippen LogP contribution in [0.25, 0.3) is 0 Å². The molecule has 34 heavy (non-hydrogen) atoms. The zero-order chi connectivity index (χ0) is 25.0. The first-order valence-electron chi connectivity index (χ1n) is 11.0. The maximum absolute atomic E-state index is 15.0. The van der Waals surface area contributed by atoms with Gasteiger partial charge in [0.1, 0.15) is 23.9 Å². The lowest BCUT2D eigenvalue weighted by Crippen LogP contribution is -2.40. The van der Waals surface area contributed by atoms with E-state index in [9.17, 15) is 27.6 Å². The molecule has 1 aromatic rings. The van der Waals surface area contributed by atoms with Crippen LogP contribution in [0.1, 0.15) is 45.1 Å². The average Bonchev–Trinajstić information content (AvgIpc) is 3.08. The molecule has 2 atom stereocenters. The standard InChI is InChI=1S/C22H28F4N4O4/c1-11(28-12(2)31)9-32-13-4-6-14(7-5-13)34-22-29-19-15(8-27)17(25)21(33-10-16(23)24)18(26)20(19)30(22)3/h11,13-14,16,22,29H,4-7,9-10H2,1-3H3,(H,28,31)/t11-,13?,14?,22?/m0/s1. The van der Waals surface area contributed by atoms with Crippen LogP contribution in [0.4, 0.5) is 28.9 Å². The summed E-state index contributed by atoms with van der Waals surface area (Å²) in [5.41, 5.74) is -0.835. The smallest absolute Gasteiger partial charge is 0.272 e. The Bertz CT molecular complexity index is 935. The summed E-state index contributed by atoms with van der Waals surface area (Å²) in [4.78, 5) is 12.4. The zero-order valence-corrected chi connectivity index (χ0v) is 19.2. The summed E-state index contributed by atoms with van der Waals surface area (Å²) in [6.07, 6.45) is -1.24. The highest BCUT2D eigenvalue weighted by Gasteiger charge is 2.38. The van der Waals surface area contributed by atoms with Crippen LogP contribution in [-0.2, 0) is 14.3 Å². The van der Waals surface area contributed by atoms with Gasteiger partial charge < -0.3 is 29.7 Å². The van der Waals surface area contributed by atoms with Crippen LogP contribution in [0.3, 0.4) is 0 Å². The molecule has 1 saturated carbocycles. The van der Waals surface area contributed by atoms with Gasteiger partial charge in [-0.25, -0.2) is 17.6 Å². The third-order valence-electron chi connectivity index (χ3n) is 5.72. The molecule has 1 amide bonds. The van der Waals surface area contributed by atoms with E-state index in [1.54, 1.807) is 6.07 Å². The fourth-order valence-corrected chi connectivity index (χ4v) is 4.15. The maximum atomic E-state index is 15.0. The first kappa shape index (κ1) is 25.8. The summed E-state index contributed by atoms with van der Waals surface area (Å²) in [6, 6.07) is 1.54. The van der Waals surface area contributed by atoms with Crippen LogP contribution in [0.15, 0.2) is 0 Å². The van der Waals surface area contributed by atoms with E-state index in [2.05, 4.69) is 15.4 Å². The first-order chi connectivity index (χ1) is 16.1. The van der Waals surface area contributed by atoms with Crippen molar-refractivity contribution in [2.45, 2.75) is 70.6 Å². The minimum Gasteiger partial charge on any atom is -0.481 e. The van der Waals surface area contributed by atoms with Crippen LogP contribution < -0.4 is 20.3 Å². The predicted molar refractivity (Wildman–Crippen MR) is 115 cm³/mol. The van der Waals surface area contributed by atoms with Gasteiger partial charge >= 0.3 is 0 Å². The van der Waals surface area contributed by atoms with Gasteiger partial charge in [0.15, 0.2) is 17.4 Å². The molecule has 1 aliphatic carbocycles. The van der Waals surface area contributed by atoms with Gasteiger partial charge in [0.05, 0.1) is 24.5 Å². The molecule has 1 unspecified atom stereocenters. The molecule has 1 fully saturated rings. The molecular formula is C22H28F4N4O4. The van der Waals surface area contributed by atoms with Gasteiger partial charge in [-0.05, 0) is 32.6 Å². The lowest BCUT2D eigenvalue weighted by Gasteiger charge is -2.33. The molecule has 0 aromatic heterocycles. The van der Waals surface area contributed by atoms with Crippen molar-refractivity contribution in [2.75, 3.05) is 30.5 Å². The van der Waals surface area contributed by atoms with E-state index < -0.39 is 42.3 Å². The minimum atomic E-state index is -2.93. The molecule has 1 aromatic carbocycles. The Balaban J connectivity index is 1.61. The normalized spacial score (nSPS) is 22.7. The van der Waals surface area contributed by atoms with E-state index in [0.29, 0.717) is 19.4 Å². The summed E-state index contributed by atoms with van der Waals surface area (Å²) in [7, 11) is 1.49. The van der Waals surface area contributed by atoms with Gasteiger partial charge in [-0.15, -0.1) is 0 Å². The number of hydrogen-bond donors (Lipinski definition) is 2. The number of ether oxygens (including phenoxy) is 3. The highest BCUT2D eigenvalue weighted by molar-refractivity contribution is 5.83. The monoisotopic (exact) mass is 488 g/mol. The van der Waals surface area contributed by atoms with Crippen molar-refractivity contribution in [1.82, 2.24) is 5.32 Å². The number of halogens is 4. The van der Waals surface area contributed by atoms with Crippen molar-refractivity contribution in [3.8, 4) is 11.8 Å². The molecule has 12 heteroatoms. The Morgan fingerprint density at radius 1 is 1.21 bits per heavy atom. The molecular weight excluding hydrogens is 460 g/mol. The predicted octanol–water partition coefficient (Wildman–Crippen LogP) is 3.49. The number of anilines is 2. The second kappa shape index (κ2) is 11.1. The second-order valence-electron chi connectivity index (χ2n) is 8.45. The van der Waals surface area contributed by atoms with Crippen molar-refractivity contribution in [1.29, 1.82) is 5.26 Å². The number of alkyl halides is 2. The second-order valence-corrected chi connectivity index (χ2v) is 8.45. The Hall–Kier alpha value is -2.78. The van der Waals surface area contributed by atoms with Gasteiger partial charge in [-0.3, -0.25) is 4.79 Å². The van der Waals surface area contributed by atoms with E-state index in [4.69, 9.17) is 9.47 Å². The molecule has 0 spiro atoms. The Labute approximate surface area is 195 Å². The van der Waals surface area contributed by atoms with Crippen LogP contribution >= 0.6 is 0 Å². The number of amides is 1. The summed E-state index contributed by atoms with van der Waals surface area (Å²) in [5.74, 6) is -3.66. The molecule has 2 aliphatic rings. The number of nitrogens with zero attached hydrogens (tertiary/aromatic N) is 2. The minimum absolute atomic E-state index is 0.0220. The highest BCUT2D eigenvalue weighted by atomic mass is 19.3. The van der Waals surface area contributed by atoms with Gasteiger partial charge in [0.2, 0.25) is 12.3 Å². The first-order valence-corrected chi connectivity index (χ1v) is 11.0. The Kier molecular flexibility index (Phi) is 8.43. The van der Waals surface area contributed by atoms with Crippen molar-refractivity contribution in [3.63, 3.8) is 0 Å². The number of carbonyl (C=O) groups is 1. The van der Waals surface area contributed by atoms with Crippen LogP contribution in [-0.4, -0.2) is 57.2 Å². The Morgan fingerprint density at radius 2 is 1.85 bits per heavy atom. The third kappa shape index (κ3) is 5.82. The summed E-state index contributed by atoms with van der Waals surface area (Å²) >= 11 is 0. The average molecular weight is 488 g/mol. The zero-order valence-electron chi connectivity index (χ0n) is 19.2. The SMILES string of the molecule is CC(=O)N[C@@H](C)COC1CCC(OC2Nc3c(C#N)c(F)c(OCC(F)F)c(F)c3N2C)CC1. The van der Waals surface area contributed by atoms with E-state index in [1.807, 2.05) is 6.92 Å². The number of hydrogen-bond acceptors (Lipinski definition) is 7. The topological polar surface area (TPSA) is 95.8 Å². The molecule has 0 bridgehead atoms. The highest BCUT2D eigenvalue weighted by Crippen LogP contribution is 2.45. The van der Waals surface area contributed by atoms with Gasteiger partial charge in [0.25, 0.3) is 6.43 Å². The van der Waals surface area contributed by atoms with Gasteiger partial charge in [0, 0.05) is 20.0 Å². The third-order valence-corrected chi connectivity index (χ3v) is 5.72.